The van der Waals surface area contributed by atoms with Gasteiger partial charge in [0.1, 0.15) is 0 Å². The van der Waals surface area contributed by atoms with Crippen LogP contribution in [0.5, 0.6) is 0 Å². The molecule has 0 amide bonds. The van der Waals surface area contributed by atoms with E-state index in [-0.39, 0.29) is 6.10 Å². The average Bonchev–Trinajstić information content (AvgIpc) is 2.47. The molecule has 1 aliphatic rings. The van der Waals surface area contributed by atoms with Crippen molar-refractivity contribution in [3.8, 4) is 0 Å². The van der Waals surface area contributed by atoms with Gasteiger partial charge in [-0.3, -0.25) is 0 Å². The van der Waals surface area contributed by atoms with Gasteiger partial charge in [0.2, 0.25) is 0 Å². The third-order valence-corrected chi connectivity index (χ3v) is 3.62. The number of hydrogen-bond donors (Lipinski definition) is 1. The smallest absolute Gasteiger partial charge is 0.0945 e. The van der Waals surface area contributed by atoms with Crippen molar-refractivity contribution in [2.75, 3.05) is 0 Å². The van der Waals surface area contributed by atoms with Gasteiger partial charge in [0, 0.05) is 0 Å². The van der Waals surface area contributed by atoms with Crippen molar-refractivity contribution in [1.29, 1.82) is 0 Å². The van der Waals surface area contributed by atoms with Crippen molar-refractivity contribution in [1.82, 2.24) is 9.59 Å². The van der Waals surface area contributed by atoms with E-state index < -0.39 is 0 Å². The summed E-state index contributed by atoms with van der Waals surface area (Å²) in [5.41, 5.74) is 0.976. The van der Waals surface area contributed by atoms with E-state index in [2.05, 4.69) is 9.59 Å². The molecule has 13 heavy (non-hydrogen) atoms. The van der Waals surface area contributed by atoms with Crippen LogP contribution in [0, 0.1) is 5.92 Å². The molecule has 1 aromatic rings. The maximum atomic E-state index is 9.97. The Morgan fingerprint density at radius 3 is 2.92 bits per heavy atom. The number of aliphatic hydroxyl groups is 1. The second kappa shape index (κ2) is 3.72. The van der Waals surface area contributed by atoms with Gasteiger partial charge >= 0.3 is 0 Å². The van der Waals surface area contributed by atoms with Gasteiger partial charge in [-0.25, -0.2) is 0 Å². The molecule has 0 aliphatic heterocycles. The Morgan fingerprint density at radius 1 is 1.62 bits per heavy atom. The molecule has 1 unspecified atom stereocenters. The predicted molar refractivity (Wildman–Crippen MR) is 51.6 cm³/mol. The Labute approximate surface area is 82.0 Å². The molecule has 1 atom stereocenters. The maximum Gasteiger partial charge on any atom is 0.0945 e. The molecule has 1 aromatic heterocycles. The van der Waals surface area contributed by atoms with Gasteiger partial charge < -0.3 is 5.11 Å². The molecule has 2 rings (SSSR count). The van der Waals surface area contributed by atoms with E-state index in [1.165, 1.54) is 18.0 Å². The third kappa shape index (κ3) is 1.60. The molecule has 1 aliphatic carbocycles. The molecule has 1 heterocycles. The summed E-state index contributed by atoms with van der Waals surface area (Å²) in [4.78, 5) is 0.993. The highest BCUT2D eigenvalue weighted by atomic mass is 32.1. The molecular weight excluding hydrogens is 184 g/mol. The first kappa shape index (κ1) is 9.09. The van der Waals surface area contributed by atoms with E-state index >= 15 is 0 Å². The molecule has 0 spiro atoms. The molecular formula is C9H14N2OS. The monoisotopic (exact) mass is 198 g/mol. The molecule has 4 heteroatoms. The quantitative estimate of drug-likeness (QED) is 0.807. The third-order valence-electron chi connectivity index (χ3n) is 2.79. The standard InChI is InChI=1S/C9H14N2OS/c1-2-7-9(13-11-10-7)8(12)6-4-3-5-6/h6,8,12H,2-5H2,1H3. The number of aryl methyl sites for hydroxylation is 1. The van der Waals surface area contributed by atoms with Crippen LogP contribution in [0.3, 0.4) is 0 Å². The van der Waals surface area contributed by atoms with Gasteiger partial charge in [0.25, 0.3) is 0 Å². The highest BCUT2D eigenvalue weighted by Gasteiger charge is 2.29. The average molecular weight is 198 g/mol. The minimum atomic E-state index is -0.302. The SMILES string of the molecule is CCc1nnsc1C(O)C1CCC1. The summed E-state index contributed by atoms with van der Waals surface area (Å²) in [5, 5.41) is 14.0. The molecule has 72 valence electrons. The molecule has 0 saturated heterocycles. The first-order chi connectivity index (χ1) is 6.33. The number of aromatic nitrogens is 2. The van der Waals surface area contributed by atoms with E-state index in [1.807, 2.05) is 6.92 Å². The van der Waals surface area contributed by atoms with Crippen LogP contribution >= 0.6 is 11.5 Å². The molecule has 0 radical (unpaired) electrons. The second-order valence-electron chi connectivity index (χ2n) is 3.57. The lowest BCUT2D eigenvalue weighted by Gasteiger charge is -2.29. The normalized spacial score (nSPS) is 19.8. The largest absolute Gasteiger partial charge is 0.387 e. The molecule has 1 N–H and O–H groups in total. The van der Waals surface area contributed by atoms with Crippen molar-refractivity contribution in [2.24, 2.45) is 5.92 Å². The van der Waals surface area contributed by atoms with Crippen LogP contribution in [0.4, 0.5) is 0 Å². The van der Waals surface area contributed by atoms with Crippen LogP contribution in [0.25, 0.3) is 0 Å². The minimum absolute atomic E-state index is 0.302. The van der Waals surface area contributed by atoms with Crippen LogP contribution in [0.15, 0.2) is 0 Å². The Balaban J connectivity index is 2.13. The van der Waals surface area contributed by atoms with Gasteiger partial charge in [0.15, 0.2) is 0 Å². The summed E-state index contributed by atoms with van der Waals surface area (Å²) >= 11 is 1.35. The van der Waals surface area contributed by atoms with Gasteiger partial charge in [0.05, 0.1) is 16.7 Å². The molecule has 1 fully saturated rings. The Hall–Kier alpha value is -0.480. The van der Waals surface area contributed by atoms with E-state index in [0.717, 1.165) is 29.8 Å². The molecule has 3 nitrogen and oxygen atoms in total. The predicted octanol–water partition coefficient (Wildman–Crippen LogP) is 1.93. The first-order valence-electron chi connectivity index (χ1n) is 4.82. The second-order valence-corrected chi connectivity index (χ2v) is 4.36. The lowest BCUT2D eigenvalue weighted by atomic mass is 9.80. The zero-order valence-corrected chi connectivity index (χ0v) is 8.55. The zero-order chi connectivity index (χ0) is 9.26. The zero-order valence-electron chi connectivity index (χ0n) is 7.73. The number of rotatable bonds is 3. The van der Waals surface area contributed by atoms with Crippen molar-refractivity contribution < 1.29 is 5.11 Å². The fourth-order valence-electron chi connectivity index (χ4n) is 1.65. The number of aliphatic hydroxyl groups excluding tert-OH is 1. The highest BCUT2D eigenvalue weighted by Crippen LogP contribution is 2.39. The fraction of sp³-hybridized carbons (Fsp3) is 0.778. The topological polar surface area (TPSA) is 46.0 Å². The van der Waals surface area contributed by atoms with Crippen LogP contribution < -0.4 is 0 Å². The Morgan fingerprint density at radius 2 is 2.38 bits per heavy atom. The van der Waals surface area contributed by atoms with Crippen molar-refractivity contribution in [3.63, 3.8) is 0 Å². The number of hydrogen-bond acceptors (Lipinski definition) is 4. The minimum Gasteiger partial charge on any atom is -0.387 e. The van der Waals surface area contributed by atoms with E-state index in [4.69, 9.17) is 0 Å². The van der Waals surface area contributed by atoms with Gasteiger partial charge in [-0.1, -0.05) is 17.8 Å². The van der Waals surface area contributed by atoms with Crippen LogP contribution in [0.1, 0.15) is 42.9 Å². The van der Waals surface area contributed by atoms with Crippen LogP contribution in [-0.4, -0.2) is 14.7 Å². The van der Waals surface area contributed by atoms with E-state index in [9.17, 15) is 5.11 Å². The molecule has 0 bridgehead atoms. The van der Waals surface area contributed by atoms with Crippen molar-refractivity contribution in [2.45, 2.75) is 38.7 Å². The lowest BCUT2D eigenvalue weighted by molar-refractivity contribution is 0.0641. The van der Waals surface area contributed by atoms with Crippen molar-refractivity contribution >= 4 is 11.5 Å². The van der Waals surface area contributed by atoms with Crippen LogP contribution in [0.2, 0.25) is 0 Å². The maximum absolute atomic E-state index is 9.97. The van der Waals surface area contributed by atoms with Gasteiger partial charge in [-0.2, -0.15) is 0 Å². The summed E-state index contributed by atoms with van der Waals surface area (Å²) in [7, 11) is 0. The Kier molecular flexibility index (Phi) is 2.60. The summed E-state index contributed by atoms with van der Waals surface area (Å²) in [5.74, 6) is 0.465. The van der Waals surface area contributed by atoms with Crippen molar-refractivity contribution in [3.05, 3.63) is 10.6 Å². The van der Waals surface area contributed by atoms with E-state index in [0.29, 0.717) is 5.92 Å². The molecule has 0 aromatic carbocycles. The Bertz CT molecular complexity index is 283. The van der Waals surface area contributed by atoms with E-state index in [1.54, 1.807) is 0 Å². The first-order valence-corrected chi connectivity index (χ1v) is 5.59. The summed E-state index contributed by atoms with van der Waals surface area (Å²) in [6, 6.07) is 0. The van der Waals surface area contributed by atoms with Gasteiger partial charge in [-0.15, -0.1) is 5.10 Å². The highest BCUT2D eigenvalue weighted by molar-refractivity contribution is 7.05. The molecule has 1 saturated carbocycles. The number of nitrogens with zero attached hydrogens (tertiary/aromatic N) is 2. The van der Waals surface area contributed by atoms with Gasteiger partial charge in [-0.05, 0) is 36.7 Å². The summed E-state index contributed by atoms with van der Waals surface area (Å²) in [6.45, 7) is 2.05. The summed E-state index contributed by atoms with van der Waals surface area (Å²) in [6.07, 6.45) is 4.14. The lowest BCUT2D eigenvalue weighted by Crippen LogP contribution is -2.20. The van der Waals surface area contributed by atoms with Crippen LogP contribution in [-0.2, 0) is 6.42 Å². The summed E-state index contributed by atoms with van der Waals surface area (Å²) < 4.78 is 3.89. The fourth-order valence-corrected chi connectivity index (χ4v) is 2.47.